The Morgan fingerprint density at radius 1 is 1.04 bits per heavy atom. The first-order valence-electron chi connectivity index (χ1n) is 9.96. The summed E-state index contributed by atoms with van der Waals surface area (Å²) in [7, 11) is 2.26. The predicted octanol–water partition coefficient (Wildman–Crippen LogP) is 2.35. The van der Waals surface area contributed by atoms with E-state index in [0.29, 0.717) is 11.9 Å². The molecule has 1 aromatic carbocycles. The van der Waals surface area contributed by atoms with E-state index in [1.165, 1.54) is 37.9 Å². The number of carbonyl (C=O) groups excluding carboxylic acids is 1. The second-order valence-electron chi connectivity index (χ2n) is 8.17. The number of amides is 1. The number of hydrogen-bond donors (Lipinski definition) is 0. The molecule has 3 aliphatic rings. The second-order valence-corrected chi connectivity index (χ2v) is 8.17. The molecule has 1 amide bonds. The van der Waals surface area contributed by atoms with Crippen molar-refractivity contribution in [3.05, 3.63) is 35.9 Å². The molecule has 3 fully saturated rings. The van der Waals surface area contributed by atoms with Crippen LogP contribution in [0.1, 0.15) is 37.7 Å². The Labute approximate surface area is 151 Å². The van der Waals surface area contributed by atoms with Gasteiger partial charge >= 0.3 is 0 Å². The van der Waals surface area contributed by atoms with E-state index in [9.17, 15) is 4.79 Å². The fourth-order valence-electron chi connectivity index (χ4n) is 4.62. The average Bonchev–Trinajstić information content (AvgIpc) is 3.46. The Balaban J connectivity index is 1.32. The van der Waals surface area contributed by atoms with E-state index in [0.717, 1.165) is 39.0 Å². The molecule has 4 heteroatoms. The van der Waals surface area contributed by atoms with Crippen molar-refractivity contribution in [2.24, 2.45) is 0 Å². The van der Waals surface area contributed by atoms with Crippen molar-refractivity contribution >= 4 is 5.91 Å². The maximum atomic E-state index is 13.1. The van der Waals surface area contributed by atoms with Crippen LogP contribution in [-0.2, 0) is 10.2 Å². The van der Waals surface area contributed by atoms with Gasteiger partial charge < -0.3 is 9.80 Å². The van der Waals surface area contributed by atoms with Crippen LogP contribution in [0.5, 0.6) is 0 Å². The van der Waals surface area contributed by atoms with Crippen molar-refractivity contribution < 1.29 is 4.79 Å². The fraction of sp³-hybridized carbons (Fsp3) is 0.667. The first-order chi connectivity index (χ1) is 12.2. The number of carbonyl (C=O) groups is 1. The summed E-state index contributed by atoms with van der Waals surface area (Å²) in [5, 5.41) is 0. The predicted molar refractivity (Wildman–Crippen MR) is 101 cm³/mol. The van der Waals surface area contributed by atoms with Gasteiger partial charge in [0.2, 0.25) is 5.91 Å². The molecule has 25 heavy (non-hydrogen) atoms. The molecule has 0 aromatic heterocycles. The van der Waals surface area contributed by atoms with Crippen molar-refractivity contribution in [3.63, 3.8) is 0 Å². The third kappa shape index (κ3) is 3.47. The minimum atomic E-state index is -0.201. The molecule has 2 saturated heterocycles. The van der Waals surface area contributed by atoms with Gasteiger partial charge in [0.05, 0.1) is 5.41 Å². The number of likely N-dealkylation sites (N-methyl/N-ethyl adjacent to an activating group) is 1. The van der Waals surface area contributed by atoms with Crippen LogP contribution in [0.25, 0.3) is 0 Å². The maximum Gasteiger partial charge on any atom is 0.233 e. The van der Waals surface area contributed by atoms with Crippen LogP contribution in [0.4, 0.5) is 0 Å². The highest BCUT2D eigenvalue weighted by molar-refractivity contribution is 5.91. The minimum Gasteiger partial charge on any atom is -0.339 e. The number of rotatable bonds is 4. The van der Waals surface area contributed by atoms with Crippen LogP contribution in [0.2, 0.25) is 0 Å². The quantitative estimate of drug-likeness (QED) is 0.841. The molecule has 2 aliphatic heterocycles. The number of piperazine rings is 1. The summed E-state index contributed by atoms with van der Waals surface area (Å²) < 4.78 is 0. The van der Waals surface area contributed by atoms with E-state index in [-0.39, 0.29) is 5.41 Å². The molecule has 1 saturated carbocycles. The van der Waals surface area contributed by atoms with E-state index in [1.807, 2.05) is 6.07 Å². The molecule has 4 rings (SSSR count). The zero-order valence-electron chi connectivity index (χ0n) is 15.5. The molecule has 4 nitrogen and oxygen atoms in total. The third-order valence-corrected chi connectivity index (χ3v) is 6.54. The molecular weight excluding hydrogens is 310 g/mol. The van der Waals surface area contributed by atoms with E-state index in [4.69, 9.17) is 0 Å². The van der Waals surface area contributed by atoms with Crippen LogP contribution in [0.15, 0.2) is 30.3 Å². The van der Waals surface area contributed by atoms with Gasteiger partial charge in [-0.1, -0.05) is 36.8 Å². The van der Waals surface area contributed by atoms with Crippen LogP contribution in [0.3, 0.4) is 0 Å². The van der Waals surface area contributed by atoms with Crippen molar-refractivity contribution in [3.8, 4) is 0 Å². The summed E-state index contributed by atoms with van der Waals surface area (Å²) in [6.07, 6.45) is 6.07. The van der Waals surface area contributed by atoms with Crippen LogP contribution in [-0.4, -0.2) is 73.0 Å². The number of piperidine rings is 1. The van der Waals surface area contributed by atoms with Crippen LogP contribution < -0.4 is 0 Å². The van der Waals surface area contributed by atoms with Gasteiger partial charge in [-0.2, -0.15) is 0 Å². The topological polar surface area (TPSA) is 26.8 Å². The van der Waals surface area contributed by atoms with Gasteiger partial charge in [0.15, 0.2) is 0 Å². The van der Waals surface area contributed by atoms with Crippen molar-refractivity contribution in [2.45, 2.75) is 43.6 Å². The molecule has 2 heterocycles. The standard InChI is InChI=1S/C21H31N3O/c1-22-12-6-5-9-19(22)17-23-13-15-24(16-14-23)20(25)21(10-11-21)18-7-3-2-4-8-18/h2-4,7-8,19H,5-6,9-17H2,1H3. The van der Waals surface area contributed by atoms with Crippen LogP contribution in [0, 0.1) is 0 Å². The molecule has 0 N–H and O–H groups in total. The van der Waals surface area contributed by atoms with Gasteiger partial charge in [0.25, 0.3) is 0 Å². The van der Waals surface area contributed by atoms with Crippen molar-refractivity contribution in [2.75, 3.05) is 46.3 Å². The Kier molecular flexibility index (Phi) is 4.83. The molecule has 0 spiro atoms. The number of hydrogen-bond acceptors (Lipinski definition) is 3. The lowest BCUT2D eigenvalue weighted by atomic mass is 9.94. The van der Waals surface area contributed by atoms with Gasteiger partial charge in [-0.15, -0.1) is 0 Å². The highest BCUT2D eigenvalue weighted by Crippen LogP contribution is 2.49. The highest BCUT2D eigenvalue weighted by Gasteiger charge is 2.53. The van der Waals surface area contributed by atoms with Crippen molar-refractivity contribution in [1.82, 2.24) is 14.7 Å². The Morgan fingerprint density at radius 2 is 1.76 bits per heavy atom. The molecule has 136 valence electrons. The maximum absolute atomic E-state index is 13.1. The normalized spacial score (nSPS) is 27.2. The lowest BCUT2D eigenvalue weighted by Gasteiger charge is -2.41. The number of benzene rings is 1. The lowest BCUT2D eigenvalue weighted by molar-refractivity contribution is -0.135. The van der Waals surface area contributed by atoms with Gasteiger partial charge in [0, 0.05) is 38.8 Å². The summed E-state index contributed by atoms with van der Waals surface area (Å²) in [5.41, 5.74) is 1.01. The Hall–Kier alpha value is -1.39. The molecule has 1 unspecified atom stereocenters. The minimum absolute atomic E-state index is 0.201. The molecule has 1 aliphatic carbocycles. The second kappa shape index (κ2) is 7.08. The van der Waals surface area contributed by atoms with Crippen LogP contribution >= 0.6 is 0 Å². The highest BCUT2D eigenvalue weighted by atomic mass is 16.2. The summed E-state index contributed by atoms with van der Waals surface area (Å²) in [6.45, 7) is 6.25. The molecule has 0 bridgehead atoms. The van der Waals surface area contributed by atoms with Crippen molar-refractivity contribution in [1.29, 1.82) is 0 Å². The summed E-state index contributed by atoms with van der Waals surface area (Å²) in [6, 6.07) is 11.1. The lowest BCUT2D eigenvalue weighted by Crippen LogP contribution is -2.54. The zero-order chi connectivity index (χ0) is 17.3. The first kappa shape index (κ1) is 17.0. The van der Waals surface area contributed by atoms with E-state index in [1.54, 1.807) is 0 Å². The SMILES string of the molecule is CN1CCCCC1CN1CCN(C(=O)C2(c3ccccc3)CC2)CC1. The number of likely N-dealkylation sites (tertiary alicyclic amines) is 1. The van der Waals surface area contributed by atoms with Gasteiger partial charge in [-0.25, -0.2) is 0 Å². The number of nitrogens with zero attached hydrogens (tertiary/aromatic N) is 3. The largest absolute Gasteiger partial charge is 0.339 e. The smallest absolute Gasteiger partial charge is 0.233 e. The zero-order valence-corrected chi connectivity index (χ0v) is 15.5. The summed E-state index contributed by atoms with van der Waals surface area (Å²) >= 11 is 0. The third-order valence-electron chi connectivity index (χ3n) is 6.54. The molecular formula is C21H31N3O. The first-order valence-corrected chi connectivity index (χ1v) is 9.96. The van der Waals surface area contributed by atoms with Gasteiger partial charge in [-0.05, 0) is 44.8 Å². The molecule has 1 atom stereocenters. The Morgan fingerprint density at radius 3 is 2.40 bits per heavy atom. The van der Waals surface area contributed by atoms with E-state index >= 15 is 0 Å². The fourth-order valence-corrected chi connectivity index (χ4v) is 4.62. The summed E-state index contributed by atoms with van der Waals surface area (Å²) in [4.78, 5) is 20.3. The Bertz CT molecular complexity index is 590. The summed E-state index contributed by atoms with van der Waals surface area (Å²) in [5.74, 6) is 0.369. The van der Waals surface area contributed by atoms with Gasteiger partial charge in [-0.3, -0.25) is 9.69 Å². The molecule has 0 radical (unpaired) electrons. The molecule has 1 aromatic rings. The van der Waals surface area contributed by atoms with E-state index in [2.05, 4.69) is 46.0 Å². The van der Waals surface area contributed by atoms with E-state index < -0.39 is 0 Å². The monoisotopic (exact) mass is 341 g/mol. The van der Waals surface area contributed by atoms with Gasteiger partial charge in [0.1, 0.15) is 0 Å². The average molecular weight is 341 g/mol.